The molecule has 10 rings (SSSR count). The number of nitrogens with zero attached hydrogens (tertiary/aromatic N) is 9. The summed E-state index contributed by atoms with van der Waals surface area (Å²) >= 11 is 0. The fraction of sp³-hybridized carbons (Fsp3) is 0.122. The molecule has 0 aliphatic carbocycles. The molecule has 0 spiro atoms. The van der Waals surface area contributed by atoms with Gasteiger partial charge in [0.15, 0.2) is 11.6 Å². The van der Waals surface area contributed by atoms with E-state index < -0.39 is 34.6 Å². The van der Waals surface area contributed by atoms with Crippen molar-refractivity contribution in [2.24, 2.45) is 0 Å². The quantitative estimate of drug-likeness (QED) is 0.158. The molecule has 0 N–H and O–H groups in total. The van der Waals surface area contributed by atoms with Crippen LogP contribution in [0.2, 0.25) is 0 Å². The van der Waals surface area contributed by atoms with Crippen molar-refractivity contribution in [1.29, 1.82) is 5.26 Å². The third kappa shape index (κ3) is 6.48. The second-order valence-electron chi connectivity index (χ2n) is 15.4. The molecule has 4 aromatic heterocycles. The summed E-state index contributed by atoms with van der Waals surface area (Å²) in [4.78, 5) is 26.8. The Morgan fingerprint density at radius 3 is 1.38 bits per heavy atom. The predicted octanol–water partition coefficient (Wildman–Crippen LogP) is 12.4. The van der Waals surface area contributed by atoms with Gasteiger partial charge in [-0.2, -0.15) is 31.6 Å². The van der Waals surface area contributed by atoms with Gasteiger partial charge in [0, 0.05) is 43.8 Å². The van der Waals surface area contributed by atoms with Gasteiger partial charge in [-0.25, -0.2) is 29.9 Å². The van der Waals surface area contributed by atoms with Gasteiger partial charge in [-0.15, -0.1) is 0 Å². The Bertz CT molecular complexity index is 3540. The zero-order chi connectivity index (χ0) is 44.8. The smallest absolute Gasteiger partial charge is 0.308 e. The van der Waals surface area contributed by atoms with E-state index in [1.807, 2.05) is 48.5 Å². The molecule has 0 saturated carbocycles. The molecular formula is C49H31F6N9. The van der Waals surface area contributed by atoms with Gasteiger partial charge in [0.05, 0.1) is 44.6 Å². The van der Waals surface area contributed by atoms with Crippen LogP contribution < -0.4 is 0 Å². The van der Waals surface area contributed by atoms with Gasteiger partial charge in [0.25, 0.3) is 0 Å². The molecule has 9 nitrogen and oxygen atoms in total. The average molecular weight is 860 g/mol. The number of aryl methyl sites for hydroxylation is 4. The normalized spacial score (nSPS) is 12.2. The zero-order valence-electron chi connectivity index (χ0n) is 34.3. The molecule has 0 radical (unpaired) electrons. The first kappa shape index (κ1) is 40.1. The Labute approximate surface area is 360 Å². The number of fused-ring (bicyclic) bond motifs is 6. The van der Waals surface area contributed by atoms with Crippen LogP contribution in [-0.4, -0.2) is 39.0 Å². The van der Waals surface area contributed by atoms with E-state index in [0.717, 1.165) is 16.8 Å². The zero-order valence-corrected chi connectivity index (χ0v) is 34.3. The molecule has 0 aliphatic rings. The molecule has 0 amide bonds. The third-order valence-corrected chi connectivity index (χ3v) is 11.3. The van der Waals surface area contributed by atoms with E-state index in [9.17, 15) is 5.26 Å². The molecule has 4 heterocycles. The average Bonchev–Trinajstić information content (AvgIpc) is 3.76. The molecule has 0 saturated heterocycles. The summed E-state index contributed by atoms with van der Waals surface area (Å²) in [7, 11) is 0. The fourth-order valence-corrected chi connectivity index (χ4v) is 8.84. The number of para-hydroxylation sites is 2. The van der Waals surface area contributed by atoms with Crippen LogP contribution in [0.15, 0.2) is 115 Å². The number of hydrogen-bond acceptors (Lipinski definition) is 7. The molecule has 314 valence electrons. The van der Waals surface area contributed by atoms with E-state index in [2.05, 4.69) is 36.0 Å². The molecule has 10 aromatic rings. The molecule has 64 heavy (non-hydrogen) atoms. The van der Waals surface area contributed by atoms with Crippen LogP contribution in [0, 0.1) is 39.0 Å². The molecule has 0 unspecified atom stereocenters. The lowest BCUT2D eigenvalue weighted by Gasteiger charge is -2.24. The van der Waals surface area contributed by atoms with E-state index >= 15 is 26.3 Å². The van der Waals surface area contributed by atoms with Crippen LogP contribution in [0.1, 0.15) is 40.0 Å². The monoisotopic (exact) mass is 859 g/mol. The van der Waals surface area contributed by atoms with Gasteiger partial charge in [-0.1, -0.05) is 72.8 Å². The summed E-state index contributed by atoms with van der Waals surface area (Å²) in [6.45, 7) is 6.93. The summed E-state index contributed by atoms with van der Waals surface area (Å²) in [6.07, 6.45) is -10.5. The Hall–Kier alpha value is -7.99. The van der Waals surface area contributed by atoms with E-state index in [1.54, 1.807) is 73.2 Å². The van der Waals surface area contributed by atoms with Crippen molar-refractivity contribution in [3.63, 3.8) is 0 Å². The van der Waals surface area contributed by atoms with Gasteiger partial charge >= 0.3 is 12.4 Å². The van der Waals surface area contributed by atoms with Crippen molar-refractivity contribution in [3.8, 4) is 51.3 Å². The lowest BCUT2D eigenvalue weighted by molar-refractivity contribution is -0.142. The van der Waals surface area contributed by atoms with Crippen LogP contribution >= 0.6 is 0 Å². The maximum absolute atomic E-state index is 15.2. The molecule has 0 atom stereocenters. The van der Waals surface area contributed by atoms with Gasteiger partial charge < -0.3 is 9.13 Å². The Morgan fingerprint density at radius 2 is 0.906 bits per heavy atom. The minimum atomic E-state index is -5.23. The molecule has 6 aromatic carbocycles. The van der Waals surface area contributed by atoms with Crippen LogP contribution in [0.5, 0.6) is 0 Å². The van der Waals surface area contributed by atoms with E-state index in [0.29, 0.717) is 91.0 Å². The first-order valence-corrected chi connectivity index (χ1v) is 19.9. The highest BCUT2D eigenvalue weighted by Crippen LogP contribution is 2.49. The lowest BCUT2D eigenvalue weighted by Crippen LogP contribution is -2.16. The van der Waals surface area contributed by atoms with Crippen molar-refractivity contribution in [3.05, 3.63) is 155 Å². The fourth-order valence-electron chi connectivity index (χ4n) is 8.84. The maximum Gasteiger partial charge on any atom is 0.417 e. The Morgan fingerprint density at radius 1 is 0.469 bits per heavy atom. The van der Waals surface area contributed by atoms with Crippen molar-refractivity contribution in [2.45, 2.75) is 40.0 Å². The van der Waals surface area contributed by atoms with E-state index in [1.165, 1.54) is 12.1 Å². The van der Waals surface area contributed by atoms with Gasteiger partial charge in [-0.05, 0) is 70.2 Å². The summed E-state index contributed by atoms with van der Waals surface area (Å²) in [5.41, 5.74) is -1.63. The highest BCUT2D eigenvalue weighted by Gasteiger charge is 2.42. The minimum absolute atomic E-state index is 0.192. The first-order valence-electron chi connectivity index (χ1n) is 19.9. The van der Waals surface area contributed by atoms with Crippen molar-refractivity contribution in [2.75, 3.05) is 0 Å². The number of hydrogen-bond donors (Lipinski definition) is 0. The number of alkyl halides is 6. The molecule has 15 heteroatoms. The molecular weight excluding hydrogens is 829 g/mol. The van der Waals surface area contributed by atoms with Crippen molar-refractivity contribution in [1.82, 2.24) is 39.0 Å². The Kier molecular flexibility index (Phi) is 9.12. The molecule has 0 fully saturated rings. The van der Waals surface area contributed by atoms with E-state index in [-0.39, 0.29) is 16.9 Å². The standard InChI is InChI=1S/C49H31F6N9/c1-25-57-26(2)60-46(59-25)29-16-18-33-31-10-5-7-14-39(31)63(42(33)22-29)41-21-20-35(44-37(48(50,51)52)12-9-13-38(44)49(53,54)55)45(36(41)24-56)64-40-15-8-6-11-32(40)34-19-17-30(23-43(34)64)47-61-27(3)58-28(4)62-47/h5-23H,1-4H3. The SMILES string of the molecule is Cc1nc(C)nc(-c2ccc3c4ccccc4n(-c4ccc(-c5c(C(F)(F)F)cccc5C(F)(F)F)c(-n5c6ccccc6c6ccc(-c7nc(C)nc(C)n7)cc65)c4C#N)c3c2)n1. The summed E-state index contributed by atoms with van der Waals surface area (Å²) < 4.78 is 94.4. The number of benzene rings is 6. The summed E-state index contributed by atoms with van der Waals surface area (Å²) in [5.74, 6) is 2.61. The van der Waals surface area contributed by atoms with E-state index in [4.69, 9.17) is 0 Å². The maximum atomic E-state index is 15.2. The topological polar surface area (TPSA) is 111 Å². The first-order chi connectivity index (χ1) is 30.6. The second kappa shape index (κ2) is 14.6. The van der Waals surface area contributed by atoms with Crippen LogP contribution in [0.25, 0.3) is 88.9 Å². The third-order valence-electron chi connectivity index (χ3n) is 11.3. The largest absolute Gasteiger partial charge is 0.417 e. The minimum Gasteiger partial charge on any atom is -0.308 e. The highest BCUT2D eigenvalue weighted by atomic mass is 19.4. The van der Waals surface area contributed by atoms with Crippen LogP contribution in [-0.2, 0) is 12.4 Å². The number of nitriles is 1. The summed E-state index contributed by atoms with van der Waals surface area (Å²) in [6, 6.07) is 32.3. The predicted molar refractivity (Wildman–Crippen MR) is 232 cm³/mol. The van der Waals surface area contributed by atoms with Crippen LogP contribution in [0.3, 0.4) is 0 Å². The lowest BCUT2D eigenvalue weighted by atomic mass is 9.90. The summed E-state index contributed by atoms with van der Waals surface area (Å²) in [5, 5.41) is 14.3. The number of halogens is 6. The van der Waals surface area contributed by atoms with Crippen LogP contribution in [0.4, 0.5) is 26.3 Å². The highest BCUT2D eigenvalue weighted by molar-refractivity contribution is 6.12. The Balaban J connectivity index is 1.39. The molecule has 0 bridgehead atoms. The van der Waals surface area contributed by atoms with Gasteiger partial charge in [-0.3, -0.25) is 0 Å². The number of rotatable bonds is 5. The van der Waals surface area contributed by atoms with Gasteiger partial charge in [0.1, 0.15) is 34.9 Å². The second-order valence-corrected chi connectivity index (χ2v) is 15.4. The van der Waals surface area contributed by atoms with Crippen molar-refractivity contribution >= 4 is 43.6 Å². The van der Waals surface area contributed by atoms with Gasteiger partial charge in [0.2, 0.25) is 0 Å². The molecule has 0 aliphatic heterocycles. The number of aromatic nitrogens is 8. The van der Waals surface area contributed by atoms with Crippen molar-refractivity contribution < 1.29 is 26.3 Å².